The van der Waals surface area contributed by atoms with Crippen molar-refractivity contribution in [3.05, 3.63) is 29.3 Å². The predicted octanol–water partition coefficient (Wildman–Crippen LogP) is 3.05. The van der Waals surface area contributed by atoms with Gasteiger partial charge < -0.3 is 10.4 Å². The Morgan fingerprint density at radius 2 is 2.00 bits per heavy atom. The molecule has 0 aliphatic rings. The molecule has 0 unspecified atom stereocenters. The summed E-state index contributed by atoms with van der Waals surface area (Å²) >= 11 is 7.35. The number of benzene rings is 1. The Balaban J connectivity index is 2.31. The van der Waals surface area contributed by atoms with E-state index < -0.39 is 11.4 Å². The number of amides is 1. The van der Waals surface area contributed by atoms with Gasteiger partial charge in [-0.1, -0.05) is 23.7 Å². The Bertz CT molecular complexity index is 491. The van der Waals surface area contributed by atoms with Crippen molar-refractivity contribution in [2.24, 2.45) is 5.41 Å². The molecule has 6 heteroatoms. The third kappa shape index (κ3) is 5.43. The maximum absolute atomic E-state index is 11.7. The van der Waals surface area contributed by atoms with Crippen LogP contribution in [0.5, 0.6) is 0 Å². The van der Waals surface area contributed by atoms with Crippen molar-refractivity contribution in [1.29, 1.82) is 0 Å². The first-order valence-corrected chi connectivity index (χ1v) is 7.57. The Hall–Kier alpha value is -1.20. The fourth-order valence-electron chi connectivity index (χ4n) is 1.38. The van der Waals surface area contributed by atoms with Gasteiger partial charge in [0.25, 0.3) is 0 Å². The molecule has 0 aliphatic heterocycles. The second kappa shape index (κ2) is 7.55. The Kier molecular flexibility index (Phi) is 6.36. The molecule has 0 bridgehead atoms. The van der Waals surface area contributed by atoms with Crippen molar-refractivity contribution in [2.45, 2.75) is 25.2 Å². The van der Waals surface area contributed by atoms with E-state index in [0.29, 0.717) is 18.0 Å². The minimum Gasteiger partial charge on any atom is -0.481 e. The van der Waals surface area contributed by atoms with Gasteiger partial charge in [-0.25, -0.2) is 0 Å². The number of hydrogen-bond donors (Lipinski definition) is 2. The third-order valence-electron chi connectivity index (χ3n) is 2.85. The molecule has 0 heterocycles. The molecular formula is C14H18ClNO3S. The van der Waals surface area contributed by atoms with E-state index >= 15 is 0 Å². The van der Waals surface area contributed by atoms with Gasteiger partial charge in [0, 0.05) is 11.4 Å². The van der Waals surface area contributed by atoms with Gasteiger partial charge in [-0.2, -0.15) is 0 Å². The number of carbonyl (C=O) groups excluding carboxylic acids is 1. The fraction of sp³-hybridized carbons (Fsp3) is 0.429. The van der Waals surface area contributed by atoms with Crippen LogP contribution in [0.1, 0.15) is 20.3 Å². The van der Waals surface area contributed by atoms with E-state index in [1.807, 2.05) is 18.2 Å². The van der Waals surface area contributed by atoms with Crippen molar-refractivity contribution in [2.75, 3.05) is 12.3 Å². The Morgan fingerprint density at radius 1 is 1.35 bits per heavy atom. The molecule has 0 saturated heterocycles. The normalized spacial score (nSPS) is 11.2. The van der Waals surface area contributed by atoms with E-state index in [1.54, 1.807) is 19.9 Å². The molecule has 4 nitrogen and oxygen atoms in total. The fourth-order valence-corrected chi connectivity index (χ4v) is 2.45. The number of rotatable bonds is 7. The number of thioether (sulfide) groups is 1. The number of nitrogens with one attached hydrogen (secondary N) is 1. The third-order valence-corrected chi connectivity index (χ3v) is 4.36. The van der Waals surface area contributed by atoms with Gasteiger partial charge in [0.15, 0.2) is 0 Å². The quantitative estimate of drug-likeness (QED) is 0.759. The highest BCUT2D eigenvalue weighted by Crippen LogP contribution is 2.26. The summed E-state index contributed by atoms with van der Waals surface area (Å²) in [4.78, 5) is 23.4. The first-order valence-electron chi connectivity index (χ1n) is 6.20. The van der Waals surface area contributed by atoms with E-state index in [-0.39, 0.29) is 11.7 Å². The molecule has 1 aromatic rings. The van der Waals surface area contributed by atoms with Crippen LogP contribution in [0.25, 0.3) is 0 Å². The van der Waals surface area contributed by atoms with Crippen molar-refractivity contribution in [3.8, 4) is 0 Å². The molecule has 0 atom stereocenters. The molecule has 0 aromatic heterocycles. The molecule has 1 aromatic carbocycles. The average molecular weight is 316 g/mol. The maximum Gasteiger partial charge on any atom is 0.309 e. The lowest BCUT2D eigenvalue weighted by Gasteiger charge is -2.18. The lowest BCUT2D eigenvalue weighted by atomic mass is 9.90. The minimum absolute atomic E-state index is 0.129. The van der Waals surface area contributed by atoms with Crippen molar-refractivity contribution in [3.63, 3.8) is 0 Å². The number of halogens is 1. The maximum atomic E-state index is 11.7. The van der Waals surface area contributed by atoms with Crippen LogP contribution >= 0.6 is 23.4 Å². The van der Waals surface area contributed by atoms with Crippen LogP contribution < -0.4 is 5.32 Å². The largest absolute Gasteiger partial charge is 0.481 e. The number of carboxylic acids is 1. The lowest BCUT2D eigenvalue weighted by Crippen LogP contribution is -2.32. The van der Waals surface area contributed by atoms with Gasteiger partial charge in [-0.05, 0) is 32.4 Å². The zero-order chi connectivity index (χ0) is 15.2. The molecule has 110 valence electrons. The van der Waals surface area contributed by atoms with Crippen LogP contribution in [0.4, 0.5) is 0 Å². The second-order valence-corrected chi connectivity index (χ2v) is 6.43. The van der Waals surface area contributed by atoms with Crippen LogP contribution in [-0.4, -0.2) is 29.3 Å². The van der Waals surface area contributed by atoms with Crippen LogP contribution in [0.2, 0.25) is 5.02 Å². The number of aliphatic carboxylic acids is 1. The highest BCUT2D eigenvalue weighted by Gasteiger charge is 2.26. The summed E-state index contributed by atoms with van der Waals surface area (Å²) < 4.78 is 0. The SMILES string of the molecule is CC(C)(CCNC(=O)CSc1ccccc1Cl)C(=O)O. The summed E-state index contributed by atoms with van der Waals surface area (Å²) in [5, 5.41) is 12.3. The summed E-state index contributed by atoms with van der Waals surface area (Å²) in [5.74, 6) is -0.731. The summed E-state index contributed by atoms with van der Waals surface area (Å²) in [6.07, 6.45) is 0.394. The monoisotopic (exact) mass is 315 g/mol. The van der Waals surface area contributed by atoms with Gasteiger partial charge in [-0.15, -0.1) is 11.8 Å². The molecule has 0 fully saturated rings. The molecule has 0 radical (unpaired) electrons. The summed E-state index contributed by atoms with van der Waals surface area (Å²) in [6, 6.07) is 7.33. The highest BCUT2D eigenvalue weighted by atomic mass is 35.5. The summed E-state index contributed by atoms with van der Waals surface area (Å²) in [6.45, 7) is 3.63. The van der Waals surface area contributed by atoms with Crippen molar-refractivity contribution >= 4 is 35.2 Å². The smallest absolute Gasteiger partial charge is 0.309 e. The lowest BCUT2D eigenvalue weighted by molar-refractivity contribution is -0.147. The van der Waals surface area contributed by atoms with Gasteiger partial charge in [-0.3, -0.25) is 9.59 Å². The van der Waals surface area contributed by atoms with Gasteiger partial charge >= 0.3 is 5.97 Å². The number of hydrogen-bond acceptors (Lipinski definition) is 3. The first-order chi connectivity index (χ1) is 9.33. The molecule has 1 rings (SSSR count). The van der Waals surface area contributed by atoms with E-state index in [1.165, 1.54) is 11.8 Å². The average Bonchev–Trinajstić information content (AvgIpc) is 2.37. The molecule has 2 N–H and O–H groups in total. The van der Waals surface area contributed by atoms with Gasteiger partial charge in [0.05, 0.1) is 16.2 Å². The molecule has 0 spiro atoms. The van der Waals surface area contributed by atoms with E-state index in [0.717, 1.165) is 4.90 Å². The van der Waals surface area contributed by atoms with Crippen LogP contribution in [-0.2, 0) is 9.59 Å². The number of carbonyl (C=O) groups is 2. The minimum atomic E-state index is -0.864. The predicted molar refractivity (Wildman–Crippen MR) is 81.2 cm³/mol. The zero-order valence-corrected chi connectivity index (χ0v) is 13.1. The highest BCUT2D eigenvalue weighted by molar-refractivity contribution is 8.00. The van der Waals surface area contributed by atoms with Gasteiger partial charge in [0.2, 0.25) is 5.91 Å². The molecule has 0 aliphatic carbocycles. The number of carboxylic acid groups (broad SMARTS) is 1. The topological polar surface area (TPSA) is 66.4 Å². The van der Waals surface area contributed by atoms with Crippen LogP contribution in [0, 0.1) is 5.41 Å². The van der Waals surface area contributed by atoms with E-state index in [2.05, 4.69) is 5.32 Å². The van der Waals surface area contributed by atoms with Crippen molar-refractivity contribution in [1.82, 2.24) is 5.32 Å². The molecule has 1 amide bonds. The van der Waals surface area contributed by atoms with E-state index in [4.69, 9.17) is 16.7 Å². The van der Waals surface area contributed by atoms with Crippen molar-refractivity contribution < 1.29 is 14.7 Å². The summed E-state index contributed by atoms with van der Waals surface area (Å²) in [7, 11) is 0. The zero-order valence-electron chi connectivity index (χ0n) is 11.5. The summed E-state index contributed by atoms with van der Waals surface area (Å²) in [5.41, 5.74) is -0.830. The van der Waals surface area contributed by atoms with E-state index in [9.17, 15) is 9.59 Å². The van der Waals surface area contributed by atoms with Crippen LogP contribution in [0.3, 0.4) is 0 Å². The Morgan fingerprint density at radius 3 is 2.60 bits per heavy atom. The van der Waals surface area contributed by atoms with Gasteiger partial charge in [0.1, 0.15) is 0 Å². The Labute approximate surface area is 127 Å². The van der Waals surface area contributed by atoms with Crippen LogP contribution in [0.15, 0.2) is 29.2 Å². The molecule has 20 heavy (non-hydrogen) atoms. The molecule has 0 saturated carbocycles. The molecular weight excluding hydrogens is 298 g/mol. The second-order valence-electron chi connectivity index (χ2n) is 5.01. The standard InChI is InChI=1S/C14H18ClNO3S/c1-14(2,13(18)19)7-8-16-12(17)9-20-11-6-4-3-5-10(11)15/h3-6H,7-9H2,1-2H3,(H,16,17)(H,18,19). The first kappa shape index (κ1) is 16.9.